The van der Waals surface area contributed by atoms with Gasteiger partial charge in [0.05, 0.1) is 18.2 Å². The van der Waals surface area contributed by atoms with E-state index in [2.05, 4.69) is 10.6 Å². The molecule has 7 heteroatoms. The van der Waals surface area contributed by atoms with Crippen LogP contribution in [0, 0.1) is 11.3 Å². The Bertz CT molecular complexity index is 634. The molecule has 0 saturated carbocycles. The molecule has 0 bridgehead atoms. The molecule has 1 saturated heterocycles. The van der Waals surface area contributed by atoms with E-state index < -0.39 is 5.91 Å². The Morgan fingerprint density at radius 3 is 3.04 bits per heavy atom. The summed E-state index contributed by atoms with van der Waals surface area (Å²) in [5.41, 5.74) is 0.630. The van der Waals surface area contributed by atoms with Crippen molar-refractivity contribution in [1.29, 1.82) is 5.26 Å². The van der Waals surface area contributed by atoms with Gasteiger partial charge in [0.15, 0.2) is 0 Å². The van der Waals surface area contributed by atoms with Crippen LogP contribution in [0.3, 0.4) is 0 Å². The number of rotatable bonds is 6. The van der Waals surface area contributed by atoms with Gasteiger partial charge in [0.2, 0.25) is 0 Å². The van der Waals surface area contributed by atoms with E-state index in [1.54, 1.807) is 18.2 Å². The van der Waals surface area contributed by atoms with Crippen molar-refractivity contribution in [1.82, 2.24) is 5.32 Å². The van der Waals surface area contributed by atoms with Crippen LogP contribution in [-0.2, 0) is 9.53 Å². The Labute approximate surface area is 140 Å². The lowest BCUT2D eigenvalue weighted by Crippen LogP contribution is -2.32. The summed E-state index contributed by atoms with van der Waals surface area (Å²) in [6, 6.07) is 6.95. The summed E-state index contributed by atoms with van der Waals surface area (Å²) >= 11 is 6.02. The number of methoxy groups -OCH3 is 1. The first-order valence-corrected chi connectivity index (χ1v) is 7.62. The Hall–Kier alpha value is -2.23. The van der Waals surface area contributed by atoms with Gasteiger partial charge in [-0.1, -0.05) is 11.6 Å². The fourth-order valence-electron chi connectivity index (χ4n) is 2.17. The Morgan fingerprint density at radius 1 is 1.61 bits per heavy atom. The van der Waals surface area contributed by atoms with Crippen LogP contribution in [-0.4, -0.2) is 32.3 Å². The summed E-state index contributed by atoms with van der Waals surface area (Å²) < 4.78 is 10.5. The van der Waals surface area contributed by atoms with Gasteiger partial charge in [-0.05, 0) is 31.0 Å². The minimum Gasteiger partial charge on any atom is -0.495 e. The fraction of sp³-hybridized carbons (Fsp3) is 0.375. The summed E-state index contributed by atoms with van der Waals surface area (Å²) in [5, 5.41) is 15.1. The fourth-order valence-corrected chi connectivity index (χ4v) is 2.43. The average Bonchev–Trinajstić information content (AvgIpc) is 3.07. The number of amides is 1. The van der Waals surface area contributed by atoms with Crippen molar-refractivity contribution in [2.75, 3.05) is 25.6 Å². The number of nitrogens with one attached hydrogen (secondary N) is 2. The quantitative estimate of drug-likeness (QED) is 0.616. The van der Waals surface area contributed by atoms with Gasteiger partial charge in [-0.2, -0.15) is 5.26 Å². The SMILES string of the molecule is COc1ccc(N/C=C(/C#N)C(=O)NCC2CCCO2)cc1Cl. The highest BCUT2D eigenvalue weighted by Crippen LogP contribution is 2.27. The highest BCUT2D eigenvalue weighted by atomic mass is 35.5. The molecule has 0 spiro atoms. The Balaban J connectivity index is 1.93. The molecule has 1 atom stereocenters. The number of hydrogen-bond donors (Lipinski definition) is 2. The summed E-state index contributed by atoms with van der Waals surface area (Å²) in [6.07, 6.45) is 3.31. The maximum absolute atomic E-state index is 12.0. The largest absolute Gasteiger partial charge is 0.495 e. The zero-order valence-electron chi connectivity index (χ0n) is 12.8. The highest BCUT2D eigenvalue weighted by Gasteiger charge is 2.17. The maximum Gasteiger partial charge on any atom is 0.263 e. The van der Waals surface area contributed by atoms with Gasteiger partial charge in [-0.25, -0.2) is 0 Å². The van der Waals surface area contributed by atoms with Crippen LogP contribution in [0.2, 0.25) is 5.02 Å². The van der Waals surface area contributed by atoms with Gasteiger partial charge in [0.25, 0.3) is 5.91 Å². The lowest BCUT2D eigenvalue weighted by molar-refractivity contribution is -0.117. The van der Waals surface area contributed by atoms with E-state index in [9.17, 15) is 4.79 Å². The number of carbonyl (C=O) groups is 1. The second-order valence-electron chi connectivity index (χ2n) is 5.01. The third kappa shape index (κ3) is 4.88. The van der Waals surface area contributed by atoms with Gasteiger partial charge in [-0.3, -0.25) is 4.79 Å². The molecule has 1 aliphatic rings. The predicted molar refractivity (Wildman–Crippen MR) is 87.3 cm³/mol. The van der Waals surface area contributed by atoms with Crippen molar-refractivity contribution in [3.63, 3.8) is 0 Å². The molecule has 1 heterocycles. The molecule has 1 aromatic carbocycles. The monoisotopic (exact) mass is 335 g/mol. The second-order valence-corrected chi connectivity index (χ2v) is 5.42. The first kappa shape index (κ1) is 17.1. The van der Waals surface area contributed by atoms with Crippen molar-refractivity contribution < 1.29 is 14.3 Å². The van der Waals surface area contributed by atoms with Crippen molar-refractivity contribution in [2.24, 2.45) is 0 Å². The molecule has 6 nitrogen and oxygen atoms in total. The smallest absolute Gasteiger partial charge is 0.263 e. The maximum atomic E-state index is 12.0. The number of benzene rings is 1. The summed E-state index contributed by atoms with van der Waals surface area (Å²) in [5.74, 6) is 0.117. The Kier molecular flexibility index (Phi) is 6.27. The predicted octanol–water partition coefficient (Wildman–Crippen LogP) is 2.46. The normalized spacial score (nSPS) is 17.4. The highest BCUT2D eigenvalue weighted by molar-refractivity contribution is 6.32. The van der Waals surface area contributed by atoms with Crippen LogP contribution in [0.25, 0.3) is 0 Å². The van der Waals surface area contributed by atoms with E-state index in [4.69, 9.17) is 26.3 Å². The number of hydrogen-bond acceptors (Lipinski definition) is 5. The third-order valence-electron chi connectivity index (χ3n) is 3.41. The summed E-state index contributed by atoms with van der Waals surface area (Å²) in [6.45, 7) is 1.13. The lowest BCUT2D eigenvalue weighted by atomic mass is 10.2. The van der Waals surface area contributed by atoms with Gasteiger partial charge in [0.1, 0.15) is 17.4 Å². The van der Waals surface area contributed by atoms with Crippen LogP contribution < -0.4 is 15.4 Å². The molecule has 2 rings (SSSR count). The number of anilines is 1. The molecule has 122 valence electrons. The van der Waals surface area contributed by atoms with Gasteiger partial charge in [-0.15, -0.1) is 0 Å². The van der Waals surface area contributed by atoms with Crippen molar-refractivity contribution in [3.8, 4) is 11.8 Å². The van der Waals surface area contributed by atoms with E-state index in [-0.39, 0.29) is 11.7 Å². The molecule has 1 aromatic rings. The van der Waals surface area contributed by atoms with Gasteiger partial charge < -0.3 is 20.1 Å². The first-order chi connectivity index (χ1) is 11.1. The van der Waals surface area contributed by atoms with E-state index in [0.717, 1.165) is 19.4 Å². The van der Waals surface area contributed by atoms with Crippen LogP contribution in [0.4, 0.5) is 5.69 Å². The zero-order valence-corrected chi connectivity index (χ0v) is 13.5. The minimum atomic E-state index is -0.435. The number of nitriles is 1. The van der Waals surface area contributed by atoms with Gasteiger partial charge >= 0.3 is 0 Å². The Morgan fingerprint density at radius 2 is 2.43 bits per heavy atom. The average molecular weight is 336 g/mol. The van der Waals surface area contributed by atoms with Crippen molar-refractivity contribution in [2.45, 2.75) is 18.9 Å². The summed E-state index contributed by atoms with van der Waals surface area (Å²) in [4.78, 5) is 12.0. The molecule has 1 aliphatic heterocycles. The van der Waals surface area contributed by atoms with Crippen LogP contribution in [0.15, 0.2) is 30.0 Å². The van der Waals surface area contributed by atoms with E-state index in [1.807, 2.05) is 6.07 Å². The molecular weight excluding hydrogens is 318 g/mol. The number of halogens is 1. The number of carbonyl (C=O) groups excluding carboxylic acids is 1. The molecule has 1 amide bonds. The molecule has 0 aliphatic carbocycles. The van der Waals surface area contributed by atoms with Gasteiger partial charge in [0, 0.05) is 25.0 Å². The second kappa shape index (κ2) is 8.42. The number of ether oxygens (including phenoxy) is 2. The summed E-state index contributed by atoms with van der Waals surface area (Å²) in [7, 11) is 1.53. The molecule has 2 N–H and O–H groups in total. The molecular formula is C16H18ClN3O3. The van der Waals surface area contributed by atoms with E-state index in [1.165, 1.54) is 13.3 Å². The van der Waals surface area contributed by atoms with E-state index >= 15 is 0 Å². The van der Waals surface area contributed by atoms with Crippen LogP contribution in [0.1, 0.15) is 12.8 Å². The van der Waals surface area contributed by atoms with E-state index in [0.29, 0.717) is 23.0 Å². The molecule has 0 radical (unpaired) electrons. The van der Waals surface area contributed by atoms with Crippen molar-refractivity contribution in [3.05, 3.63) is 35.0 Å². The molecule has 1 fully saturated rings. The third-order valence-corrected chi connectivity index (χ3v) is 3.71. The van der Waals surface area contributed by atoms with Crippen LogP contribution in [0.5, 0.6) is 5.75 Å². The van der Waals surface area contributed by atoms with Crippen LogP contribution >= 0.6 is 11.6 Å². The topological polar surface area (TPSA) is 83.4 Å². The molecule has 0 aromatic heterocycles. The first-order valence-electron chi connectivity index (χ1n) is 7.24. The molecule has 1 unspecified atom stereocenters. The zero-order chi connectivity index (χ0) is 16.7. The minimum absolute atomic E-state index is 0.0186. The molecule has 23 heavy (non-hydrogen) atoms. The standard InChI is InChI=1S/C16H18ClN3O3/c1-22-15-5-4-12(7-14(15)17)19-9-11(8-18)16(21)20-10-13-3-2-6-23-13/h4-5,7,9,13,19H,2-3,6,10H2,1H3,(H,20,21)/b11-9-. The van der Waals surface area contributed by atoms with Crippen molar-refractivity contribution >= 4 is 23.2 Å². The lowest BCUT2D eigenvalue weighted by Gasteiger charge is -2.10. The number of nitrogens with zero attached hydrogens (tertiary/aromatic N) is 1.